The molecule has 1 unspecified atom stereocenters. The fourth-order valence-electron chi connectivity index (χ4n) is 1.94. The number of amides is 1. The Kier molecular flexibility index (Phi) is 4.95. The Labute approximate surface area is 135 Å². The first-order valence-corrected chi connectivity index (χ1v) is 8.81. The molecule has 1 atom stereocenters. The van der Waals surface area contributed by atoms with Gasteiger partial charge in [-0.3, -0.25) is 4.79 Å². The third kappa shape index (κ3) is 4.26. The highest BCUT2D eigenvalue weighted by Gasteiger charge is 2.13. The lowest BCUT2D eigenvalue weighted by Crippen LogP contribution is -2.27. The second-order valence-corrected chi connectivity index (χ2v) is 7.10. The van der Waals surface area contributed by atoms with E-state index in [1.807, 2.05) is 6.92 Å². The van der Waals surface area contributed by atoms with E-state index in [1.165, 1.54) is 24.5 Å². The van der Waals surface area contributed by atoms with Crippen molar-refractivity contribution in [2.24, 2.45) is 0 Å². The van der Waals surface area contributed by atoms with Gasteiger partial charge >= 0.3 is 0 Å². The van der Waals surface area contributed by atoms with E-state index in [2.05, 4.69) is 20.6 Å². The van der Waals surface area contributed by atoms with Crippen molar-refractivity contribution in [3.05, 3.63) is 47.8 Å². The maximum absolute atomic E-state index is 12.1. The van der Waals surface area contributed by atoms with Gasteiger partial charge in [-0.05, 0) is 24.6 Å². The van der Waals surface area contributed by atoms with Gasteiger partial charge in [0.15, 0.2) is 9.84 Å². The summed E-state index contributed by atoms with van der Waals surface area (Å²) < 4.78 is 22.9. The molecule has 1 heterocycles. The first kappa shape index (κ1) is 16.9. The summed E-state index contributed by atoms with van der Waals surface area (Å²) in [7, 11) is -1.54. The van der Waals surface area contributed by atoms with E-state index in [4.69, 9.17) is 0 Å². The number of hydrogen-bond acceptors (Lipinski definition) is 6. The van der Waals surface area contributed by atoms with Crippen molar-refractivity contribution < 1.29 is 13.2 Å². The number of aromatic nitrogens is 2. The quantitative estimate of drug-likeness (QED) is 0.857. The fraction of sp³-hybridized carbons (Fsp3) is 0.267. The van der Waals surface area contributed by atoms with Crippen LogP contribution in [0, 0.1) is 0 Å². The van der Waals surface area contributed by atoms with E-state index in [-0.39, 0.29) is 16.8 Å². The lowest BCUT2D eigenvalue weighted by atomic mass is 10.1. The van der Waals surface area contributed by atoms with Crippen molar-refractivity contribution in [3.63, 3.8) is 0 Å². The van der Waals surface area contributed by atoms with Crippen molar-refractivity contribution in [3.8, 4) is 0 Å². The number of nitrogens with zero attached hydrogens (tertiary/aromatic N) is 2. The van der Waals surface area contributed by atoms with Crippen molar-refractivity contribution in [1.29, 1.82) is 0 Å². The van der Waals surface area contributed by atoms with E-state index >= 15 is 0 Å². The van der Waals surface area contributed by atoms with Crippen LogP contribution in [0.5, 0.6) is 0 Å². The lowest BCUT2D eigenvalue weighted by molar-refractivity contribution is 0.0939. The van der Waals surface area contributed by atoms with Crippen LogP contribution in [0.3, 0.4) is 0 Å². The van der Waals surface area contributed by atoms with Gasteiger partial charge in [0.2, 0.25) is 5.95 Å². The third-order valence-electron chi connectivity index (χ3n) is 3.29. The largest absolute Gasteiger partial charge is 0.357 e. The van der Waals surface area contributed by atoms with Crippen molar-refractivity contribution in [2.45, 2.75) is 17.9 Å². The normalized spacial score (nSPS) is 12.5. The van der Waals surface area contributed by atoms with Crippen LogP contribution in [0.4, 0.5) is 5.95 Å². The first-order chi connectivity index (χ1) is 10.8. The van der Waals surface area contributed by atoms with Gasteiger partial charge in [-0.25, -0.2) is 18.4 Å². The van der Waals surface area contributed by atoms with Crippen LogP contribution >= 0.6 is 0 Å². The highest BCUT2D eigenvalue weighted by atomic mass is 32.2. The molecule has 1 amide bonds. The van der Waals surface area contributed by atoms with Gasteiger partial charge in [-0.15, -0.1) is 0 Å². The fourth-order valence-corrected chi connectivity index (χ4v) is 2.57. The van der Waals surface area contributed by atoms with Crippen molar-refractivity contribution >= 4 is 21.7 Å². The summed E-state index contributed by atoms with van der Waals surface area (Å²) >= 11 is 0. The van der Waals surface area contributed by atoms with Crippen LogP contribution in [0.25, 0.3) is 0 Å². The molecular weight excluding hydrogens is 316 g/mol. The highest BCUT2D eigenvalue weighted by molar-refractivity contribution is 7.90. The molecule has 7 nitrogen and oxygen atoms in total. The summed E-state index contributed by atoms with van der Waals surface area (Å²) in [5, 5.41) is 5.59. The molecule has 0 radical (unpaired) electrons. The monoisotopic (exact) mass is 334 g/mol. The number of benzene rings is 1. The average molecular weight is 334 g/mol. The smallest absolute Gasteiger partial charge is 0.254 e. The predicted octanol–water partition coefficient (Wildman–Crippen LogP) is 1.41. The first-order valence-electron chi connectivity index (χ1n) is 6.92. The SMILES string of the molecule is CNc1ncc(C(=O)NC(C)c2ccc(S(C)(=O)=O)cc2)cn1. The van der Waals surface area contributed by atoms with E-state index in [0.717, 1.165) is 11.8 Å². The summed E-state index contributed by atoms with van der Waals surface area (Å²) in [6, 6.07) is 6.14. The number of hydrogen-bond donors (Lipinski definition) is 2. The summed E-state index contributed by atoms with van der Waals surface area (Å²) in [4.78, 5) is 20.4. The summed E-state index contributed by atoms with van der Waals surface area (Å²) in [5.74, 6) is 0.137. The summed E-state index contributed by atoms with van der Waals surface area (Å²) in [6.45, 7) is 1.82. The van der Waals surface area contributed by atoms with E-state index in [9.17, 15) is 13.2 Å². The second-order valence-electron chi connectivity index (χ2n) is 5.08. The van der Waals surface area contributed by atoms with Gasteiger partial charge in [0, 0.05) is 25.7 Å². The van der Waals surface area contributed by atoms with E-state index in [0.29, 0.717) is 11.5 Å². The molecule has 23 heavy (non-hydrogen) atoms. The topological polar surface area (TPSA) is 101 Å². The molecule has 2 aromatic rings. The molecule has 1 aromatic heterocycles. The van der Waals surface area contributed by atoms with E-state index < -0.39 is 9.84 Å². The Balaban J connectivity index is 2.08. The van der Waals surface area contributed by atoms with Gasteiger partial charge in [0.25, 0.3) is 5.91 Å². The number of carbonyl (C=O) groups excluding carboxylic acids is 1. The number of anilines is 1. The number of rotatable bonds is 5. The zero-order chi connectivity index (χ0) is 17.0. The van der Waals surface area contributed by atoms with Gasteiger partial charge < -0.3 is 10.6 Å². The van der Waals surface area contributed by atoms with Gasteiger partial charge in [0.1, 0.15) is 0 Å². The maximum atomic E-state index is 12.1. The molecule has 0 saturated carbocycles. The van der Waals surface area contributed by atoms with E-state index in [1.54, 1.807) is 19.2 Å². The molecule has 0 aliphatic rings. The molecule has 0 saturated heterocycles. The molecule has 8 heteroatoms. The molecule has 1 aromatic carbocycles. The van der Waals surface area contributed by atoms with Crippen molar-refractivity contribution in [2.75, 3.05) is 18.6 Å². The van der Waals surface area contributed by atoms with Gasteiger partial charge in [-0.1, -0.05) is 12.1 Å². The number of nitrogens with one attached hydrogen (secondary N) is 2. The molecule has 2 rings (SSSR count). The molecule has 122 valence electrons. The summed E-state index contributed by atoms with van der Waals surface area (Å²) in [6.07, 6.45) is 4.03. The lowest BCUT2D eigenvalue weighted by Gasteiger charge is -2.14. The third-order valence-corrected chi connectivity index (χ3v) is 4.42. The number of sulfone groups is 1. The average Bonchev–Trinajstić information content (AvgIpc) is 2.54. The minimum absolute atomic E-state index is 0.246. The van der Waals surface area contributed by atoms with Crippen LogP contribution in [-0.4, -0.2) is 37.6 Å². The second kappa shape index (κ2) is 6.74. The minimum atomic E-state index is -3.23. The zero-order valence-electron chi connectivity index (χ0n) is 13.1. The number of carbonyl (C=O) groups is 1. The molecule has 0 bridgehead atoms. The highest BCUT2D eigenvalue weighted by Crippen LogP contribution is 2.16. The summed E-state index contributed by atoms with van der Waals surface area (Å²) in [5.41, 5.74) is 1.15. The molecular formula is C15H18N4O3S. The Morgan fingerprint density at radius 1 is 1.13 bits per heavy atom. The Bertz CT molecular complexity index is 786. The van der Waals surface area contributed by atoms with Gasteiger partial charge in [0.05, 0.1) is 16.5 Å². The van der Waals surface area contributed by atoms with Crippen LogP contribution < -0.4 is 10.6 Å². The van der Waals surface area contributed by atoms with Crippen LogP contribution in [0.15, 0.2) is 41.6 Å². The molecule has 2 N–H and O–H groups in total. The molecule has 0 fully saturated rings. The Morgan fingerprint density at radius 3 is 2.17 bits per heavy atom. The molecule has 0 aliphatic carbocycles. The Morgan fingerprint density at radius 2 is 1.70 bits per heavy atom. The predicted molar refractivity (Wildman–Crippen MR) is 87.0 cm³/mol. The Hall–Kier alpha value is -2.48. The molecule has 0 aliphatic heterocycles. The van der Waals surface area contributed by atoms with Gasteiger partial charge in [-0.2, -0.15) is 0 Å². The molecule has 0 spiro atoms. The maximum Gasteiger partial charge on any atom is 0.254 e. The van der Waals surface area contributed by atoms with Crippen LogP contribution in [-0.2, 0) is 9.84 Å². The van der Waals surface area contributed by atoms with Crippen molar-refractivity contribution in [1.82, 2.24) is 15.3 Å². The van der Waals surface area contributed by atoms with Crippen LogP contribution in [0.1, 0.15) is 28.9 Å². The van der Waals surface area contributed by atoms with Crippen LogP contribution in [0.2, 0.25) is 0 Å². The minimum Gasteiger partial charge on any atom is -0.357 e. The zero-order valence-corrected chi connectivity index (χ0v) is 13.9. The standard InChI is InChI=1S/C15H18N4O3S/c1-10(11-4-6-13(7-5-11)23(3,21)22)19-14(20)12-8-17-15(16-2)18-9-12/h4-10H,1-3H3,(H,19,20)(H,16,17,18).